The van der Waals surface area contributed by atoms with Gasteiger partial charge in [0.15, 0.2) is 0 Å². The maximum atomic E-state index is 13.5. The molecule has 20 heavy (non-hydrogen) atoms. The molecule has 2 N–H and O–H groups in total. The number of nitrogens with one attached hydrogen (secondary N) is 1. The van der Waals surface area contributed by atoms with Crippen LogP contribution in [0.25, 0.3) is 0 Å². The molecule has 2 rings (SSSR count). The van der Waals surface area contributed by atoms with Gasteiger partial charge in [-0.2, -0.15) is 0 Å². The molecular weight excluding hydrogens is 264 g/mol. The fourth-order valence-electron chi connectivity index (χ4n) is 2.61. The van der Waals surface area contributed by atoms with E-state index in [1.807, 2.05) is 6.92 Å². The van der Waals surface area contributed by atoms with Crippen LogP contribution in [-0.2, 0) is 4.74 Å². The third kappa shape index (κ3) is 3.75. The van der Waals surface area contributed by atoms with Crippen LogP contribution in [0, 0.1) is 17.6 Å². The summed E-state index contributed by atoms with van der Waals surface area (Å²) < 4.78 is 32.4. The second kappa shape index (κ2) is 7.11. The van der Waals surface area contributed by atoms with Crippen LogP contribution in [0.5, 0.6) is 0 Å². The van der Waals surface area contributed by atoms with Gasteiger partial charge in [0.2, 0.25) is 0 Å². The molecule has 0 radical (unpaired) electrons. The van der Waals surface area contributed by atoms with Crippen LogP contribution >= 0.6 is 0 Å². The van der Waals surface area contributed by atoms with Crippen LogP contribution in [0.1, 0.15) is 31.4 Å². The molecule has 5 heteroatoms. The van der Waals surface area contributed by atoms with Crippen LogP contribution < -0.4 is 5.32 Å². The molecule has 0 bridgehead atoms. The molecule has 2 atom stereocenters. The molecule has 2 unspecified atom stereocenters. The first-order valence-corrected chi connectivity index (χ1v) is 7.02. The molecule has 1 aliphatic rings. The highest BCUT2D eigenvalue weighted by molar-refractivity contribution is 5.22. The Bertz CT molecular complexity index is 416. The summed E-state index contributed by atoms with van der Waals surface area (Å²) in [6, 6.07) is 3.79. The van der Waals surface area contributed by atoms with E-state index in [4.69, 9.17) is 4.74 Å². The largest absolute Gasteiger partial charge is 0.387 e. The van der Waals surface area contributed by atoms with Crippen molar-refractivity contribution in [1.29, 1.82) is 0 Å². The van der Waals surface area contributed by atoms with Crippen molar-refractivity contribution in [1.82, 2.24) is 5.32 Å². The molecule has 1 heterocycles. The van der Waals surface area contributed by atoms with Crippen molar-refractivity contribution in [2.24, 2.45) is 5.92 Å². The van der Waals surface area contributed by atoms with Gasteiger partial charge in [-0.1, -0.05) is 6.07 Å². The Kier molecular flexibility index (Phi) is 5.46. The topological polar surface area (TPSA) is 41.5 Å². The molecule has 0 amide bonds. The minimum absolute atomic E-state index is 0.135. The average Bonchev–Trinajstić information content (AvgIpc) is 2.45. The Morgan fingerprint density at radius 3 is 2.50 bits per heavy atom. The van der Waals surface area contributed by atoms with E-state index in [1.54, 1.807) is 0 Å². The molecule has 3 nitrogen and oxygen atoms in total. The average molecular weight is 285 g/mol. The number of benzene rings is 1. The molecular formula is C15H21F2NO2. The van der Waals surface area contributed by atoms with Crippen molar-refractivity contribution in [2.75, 3.05) is 19.8 Å². The van der Waals surface area contributed by atoms with Crippen molar-refractivity contribution in [3.8, 4) is 0 Å². The van der Waals surface area contributed by atoms with E-state index < -0.39 is 17.7 Å². The van der Waals surface area contributed by atoms with Gasteiger partial charge < -0.3 is 15.2 Å². The molecule has 1 fully saturated rings. The van der Waals surface area contributed by atoms with E-state index >= 15 is 0 Å². The lowest BCUT2D eigenvalue weighted by Gasteiger charge is -2.29. The number of hydrogen-bond acceptors (Lipinski definition) is 3. The highest BCUT2D eigenvalue weighted by Gasteiger charge is 2.22. The normalized spacial score (nSPS) is 19.8. The summed E-state index contributed by atoms with van der Waals surface area (Å²) in [7, 11) is 0. The zero-order valence-electron chi connectivity index (χ0n) is 11.6. The maximum Gasteiger partial charge on any atom is 0.131 e. The fraction of sp³-hybridized carbons (Fsp3) is 0.600. The number of halogens is 2. The molecule has 1 saturated heterocycles. The van der Waals surface area contributed by atoms with Crippen LogP contribution in [0.15, 0.2) is 18.2 Å². The lowest BCUT2D eigenvalue weighted by molar-refractivity contribution is 0.0535. The van der Waals surface area contributed by atoms with Gasteiger partial charge in [-0.15, -0.1) is 0 Å². The second-order valence-electron chi connectivity index (χ2n) is 5.30. The highest BCUT2D eigenvalue weighted by atomic mass is 19.1. The molecule has 0 spiro atoms. The number of hydrogen-bond donors (Lipinski definition) is 2. The zero-order chi connectivity index (χ0) is 14.5. The molecule has 0 saturated carbocycles. The van der Waals surface area contributed by atoms with Gasteiger partial charge in [-0.05, 0) is 37.8 Å². The number of ether oxygens (including phenoxy) is 1. The Hall–Kier alpha value is -1.04. The summed E-state index contributed by atoms with van der Waals surface area (Å²) in [5.41, 5.74) is -0.265. The second-order valence-corrected chi connectivity index (χ2v) is 5.30. The Balaban J connectivity index is 1.89. The first kappa shape index (κ1) is 15.4. The van der Waals surface area contributed by atoms with Crippen molar-refractivity contribution < 1.29 is 18.6 Å². The van der Waals surface area contributed by atoms with Gasteiger partial charge in [0, 0.05) is 25.8 Å². The summed E-state index contributed by atoms with van der Waals surface area (Å²) in [6.07, 6.45) is 0.759. The van der Waals surface area contributed by atoms with E-state index in [9.17, 15) is 13.9 Å². The van der Waals surface area contributed by atoms with Gasteiger partial charge >= 0.3 is 0 Å². The minimum atomic E-state index is -1.18. The predicted octanol–water partition coefficient (Wildman–Crippen LogP) is 2.40. The van der Waals surface area contributed by atoms with Crippen molar-refractivity contribution in [2.45, 2.75) is 31.9 Å². The van der Waals surface area contributed by atoms with E-state index in [-0.39, 0.29) is 18.2 Å². The Morgan fingerprint density at radius 2 is 1.90 bits per heavy atom. The lowest BCUT2D eigenvalue weighted by Crippen LogP contribution is -2.39. The van der Waals surface area contributed by atoms with Crippen LogP contribution in [0.3, 0.4) is 0 Å². The van der Waals surface area contributed by atoms with E-state index in [1.165, 1.54) is 6.07 Å². The van der Waals surface area contributed by atoms with Crippen LogP contribution in [0.2, 0.25) is 0 Å². The van der Waals surface area contributed by atoms with E-state index in [0.29, 0.717) is 5.92 Å². The monoisotopic (exact) mass is 285 g/mol. The molecule has 1 aromatic rings. The van der Waals surface area contributed by atoms with Crippen molar-refractivity contribution >= 4 is 0 Å². The summed E-state index contributed by atoms with van der Waals surface area (Å²) in [4.78, 5) is 0. The maximum absolute atomic E-state index is 13.5. The smallest absolute Gasteiger partial charge is 0.131 e. The van der Waals surface area contributed by atoms with Crippen molar-refractivity contribution in [3.63, 3.8) is 0 Å². The SMILES string of the molecule is CC(NCC(O)c1c(F)cccc1F)C1CCOCC1. The molecule has 0 aromatic heterocycles. The number of aliphatic hydroxyl groups is 1. The van der Waals surface area contributed by atoms with Crippen LogP contribution in [-0.4, -0.2) is 30.9 Å². The molecule has 0 aliphatic carbocycles. The summed E-state index contributed by atoms with van der Waals surface area (Å²) >= 11 is 0. The van der Waals surface area contributed by atoms with Crippen LogP contribution in [0.4, 0.5) is 8.78 Å². The van der Waals surface area contributed by atoms with Gasteiger partial charge in [-0.25, -0.2) is 8.78 Å². The third-order valence-electron chi connectivity index (χ3n) is 3.94. The number of aliphatic hydroxyl groups excluding tert-OH is 1. The predicted molar refractivity (Wildman–Crippen MR) is 72.3 cm³/mol. The molecule has 1 aliphatic heterocycles. The quantitative estimate of drug-likeness (QED) is 0.873. The Morgan fingerprint density at radius 1 is 1.30 bits per heavy atom. The Labute approximate surface area is 117 Å². The van der Waals surface area contributed by atoms with Gasteiger partial charge in [0.1, 0.15) is 11.6 Å². The van der Waals surface area contributed by atoms with Gasteiger partial charge in [0.25, 0.3) is 0 Å². The summed E-state index contributed by atoms with van der Waals surface area (Å²) in [5, 5.41) is 13.1. The number of rotatable bonds is 5. The lowest BCUT2D eigenvalue weighted by atomic mass is 9.92. The fourth-order valence-corrected chi connectivity index (χ4v) is 2.61. The summed E-state index contributed by atoms with van der Waals surface area (Å²) in [6.45, 7) is 3.67. The first-order chi connectivity index (χ1) is 9.59. The van der Waals surface area contributed by atoms with Crippen molar-refractivity contribution in [3.05, 3.63) is 35.4 Å². The van der Waals surface area contributed by atoms with E-state index in [0.717, 1.165) is 38.2 Å². The molecule has 112 valence electrons. The first-order valence-electron chi connectivity index (χ1n) is 7.02. The minimum Gasteiger partial charge on any atom is -0.387 e. The standard InChI is InChI=1S/C15H21F2NO2/c1-10(11-5-7-20-8-6-11)18-9-14(19)15-12(16)3-2-4-13(15)17/h2-4,10-11,14,18-19H,5-9H2,1H3. The summed E-state index contributed by atoms with van der Waals surface area (Å²) in [5.74, 6) is -0.947. The highest BCUT2D eigenvalue weighted by Crippen LogP contribution is 2.22. The van der Waals surface area contributed by atoms with Gasteiger partial charge in [-0.3, -0.25) is 0 Å². The third-order valence-corrected chi connectivity index (χ3v) is 3.94. The van der Waals surface area contributed by atoms with Gasteiger partial charge in [0.05, 0.1) is 11.7 Å². The zero-order valence-corrected chi connectivity index (χ0v) is 11.6. The molecule has 1 aromatic carbocycles. The van der Waals surface area contributed by atoms with E-state index in [2.05, 4.69) is 5.32 Å².